The number of aryl methyl sites for hydroxylation is 3. The zero-order valence-electron chi connectivity index (χ0n) is 17.3. The third-order valence-corrected chi connectivity index (χ3v) is 6.50. The van der Waals surface area contributed by atoms with Crippen molar-refractivity contribution in [1.82, 2.24) is 20.2 Å². The molecule has 1 aliphatic heterocycles. The minimum Gasteiger partial charge on any atom is -0.269 e. The van der Waals surface area contributed by atoms with Gasteiger partial charge in [-0.2, -0.15) is 5.10 Å². The van der Waals surface area contributed by atoms with Crippen LogP contribution in [0.2, 0.25) is 0 Å². The van der Waals surface area contributed by atoms with Crippen LogP contribution in [0.4, 0.5) is 0 Å². The Labute approximate surface area is 174 Å². The minimum absolute atomic E-state index is 0.317. The van der Waals surface area contributed by atoms with Crippen molar-refractivity contribution in [2.75, 3.05) is 0 Å². The molecule has 6 nitrogen and oxygen atoms in total. The van der Waals surface area contributed by atoms with Crippen LogP contribution in [-0.4, -0.2) is 20.6 Å². The molecule has 0 spiro atoms. The zero-order chi connectivity index (χ0) is 20.1. The number of rotatable bonds is 4. The van der Waals surface area contributed by atoms with E-state index in [0.717, 1.165) is 65.2 Å². The van der Waals surface area contributed by atoms with Crippen molar-refractivity contribution in [3.05, 3.63) is 44.4 Å². The summed E-state index contributed by atoms with van der Waals surface area (Å²) >= 11 is 3.54. The van der Waals surface area contributed by atoms with Crippen LogP contribution in [0.1, 0.15) is 74.1 Å². The first-order chi connectivity index (χ1) is 13.3. The Bertz CT molecular complexity index is 947. The van der Waals surface area contributed by atoms with Crippen LogP contribution in [0.15, 0.2) is 15.7 Å². The molecule has 1 unspecified atom stereocenters. The highest BCUT2D eigenvalue weighted by molar-refractivity contribution is 9.10. The molecule has 0 bridgehead atoms. The second-order valence-corrected chi connectivity index (χ2v) is 9.19. The van der Waals surface area contributed by atoms with Gasteiger partial charge in [-0.25, -0.2) is 20.3 Å². The van der Waals surface area contributed by atoms with Gasteiger partial charge in [0.1, 0.15) is 10.3 Å². The van der Waals surface area contributed by atoms with Gasteiger partial charge in [0.15, 0.2) is 5.84 Å². The summed E-state index contributed by atoms with van der Waals surface area (Å²) in [5, 5.41) is 4.88. The number of hydroxylamine groups is 1. The van der Waals surface area contributed by atoms with Crippen molar-refractivity contribution >= 4 is 21.8 Å². The lowest BCUT2D eigenvalue weighted by atomic mass is 9.76. The number of nitrogens with zero attached hydrogens (tertiary/aromatic N) is 4. The van der Waals surface area contributed by atoms with Crippen molar-refractivity contribution in [2.45, 2.75) is 73.1 Å². The molecule has 0 fully saturated rings. The average Bonchev–Trinajstić information content (AvgIpc) is 3.25. The molecule has 7 heteroatoms. The van der Waals surface area contributed by atoms with E-state index in [-0.39, 0.29) is 0 Å². The van der Waals surface area contributed by atoms with E-state index in [0.29, 0.717) is 5.41 Å². The van der Waals surface area contributed by atoms with Crippen molar-refractivity contribution in [2.24, 2.45) is 10.4 Å². The lowest BCUT2D eigenvalue weighted by Gasteiger charge is -2.30. The summed E-state index contributed by atoms with van der Waals surface area (Å²) in [5.74, 6) is 0.730. The number of aliphatic imine (C=N–C) groups is 1. The summed E-state index contributed by atoms with van der Waals surface area (Å²) in [6, 6.07) is 2.13. The van der Waals surface area contributed by atoms with Crippen LogP contribution < -0.4 is 5.48 Å². The van der Waals surface area contributed by atoms with E-state index in [1.165, 1.54) is 11.3 Å². The fraction of sp³-hybridized carbons (Fsp3) is 0.571. The second-order valence-electron chi connectivity index (χ2n) is 8.44. The molecule has 2 aromatic heterocycles. The molecule has 1 atom stereocenters. The molecule has 1 N–H and O–H groups in total. The summed E-state index contributed by atoms with van der Waals surface area (Å²) in [6.07, 6.45) is 3.74. The quantitative estimate of drug-likeness (QED) is 0.706. The fourth-order valence-electron chi connectivity index (χ4n) is 4.12. The summed E-state index contributed by atoms with van der Waals surface area (Å²) in [4.78, 5) is 15.3. The van der Waals surface area contributed by atoms with Gasteiger partial charge in [-0.15, -0.1) is 0 Å². The third-order valence-electron chi connectivity index (χ3n) is 5.82. The highest BCUT2D eigenvalue weighted by Gasteiger charge is 2.35. The largest absolute Gasteiger partial charge is 0.269 e. The number of aromatic nitrogens is 3. The molecule has 0 saturated heterocycles. The standard InChI is InChI=1S/C21H28BrN5O/c1-6-13-10-15(12(3)23-18(13)22)19-24-20(28-26-19)17-14-8-9-21(4,5)11-16(14)27(7-2)25-17/h10,20H,6-9,11H2,1-5H3,(H,24,26). The van der Waals surface area contributed by atoms with Crippen LogP contribution in [0.3, 0.4) is 0 Å². The molecule has 28 heavy (non-hydrogen) atoms. The Hall–Kier alpha value is -1.73. The Morgan fingerprint density at radius 3 is 2.86 bits per heavy atom. The van der Waals surface area contributed by atoms with Gasteiger partial charge in [0.2, 0.25) is 6.23 Å². The summed E-state index contributed by atoms with van der Waals surface area (Å²) in [7, 11) is 0. The number of halogens is 1. The molecule has 0 aromatic carbocycles. The van der Waals surface area contributed by atoms with Crippen molar-refractivity contribution < 1.29 is 4.84 Å². The number of amidine groups is 1. The van der Waals surface area contributed by atoms with Crippen LogP contribution in [-0.2, 0) is 30.6 Å². The Kier molecular flexibility index (Phi) is 5.08. The van der Waals surface area contributed by atoms with E-state index in [1.54, 1.807) is 0 Å². The predicted octanol–water partition coefficient (Wildman–Crippen LogP) is 4.43. The number of fused-ring (bicyclic) bond motifs is 1. The van der Waals surface area contributed by atoms with Crippen LogP contribution in [0.5, 0.6) is 0 Å². The number of hydrogen-bond donors (Lipinski definition) is 1. The van der Waals surface area contributed by atoms with E-state index >= 15 is 0 Å². The number of hydrogen-bond acceptors (Lipinski definition) is 5. The van der Waals surface area contributed by atoms with Gasteiger partial charge in [0, 0.05) is 29.1 Å². The van der Waals surface area contributed by atoms with E-state index in [4.69, 9.17) is 14.9 Å². The van der Waals surface area contributed by atoms with Crippen LogP contribution in [0.25, 0.3) is 0 Å². The van der Waals surface area contributed by atoms with E-state index in [1.807, 2.05) is 6.92 Å². The van der Waals surface area contributed by atoms with Crippen molar-refractivity contribution in [1.29, 1.82) is 0 Å². The van der Waals surface area contributed by atoms with Gasteiger partial charge >= 0.3 is 0 Å². The van der Waals surface area contributed by atoms with E-state index < -0.39 is 6.23 Å². The first kappa shape index (κ1) is 19.6. The Morgan fingerprint density at radius 1 is 1.36 bits per heavy atom. The maximum Gasteiger partial charge on any atom is 0.221 e. The molecule has 0 radical (unpaired) electrons. The zero-order valence-corrected chi connectivity index (χ0v) is 18.9. The summed E-state index contributed by atoms with van der Waals surface area (Å²) < 4.78 is 3.02. The highest BCUT2D eigenvalue weighted by Crippen LogP contribution is 2.39. The minimum atomic E-state index is -0.411. The Morgan fingerprint density at radius 2 is 2.14 bits per heavy atom. The van der Waals surface area contributed by atoms with Gasteiger partial charge in [-0.3, -0.25) is 4.68 Å². The molecule has 2 aliphatic rings. The summed E-state index contributed by atoms with van der Waals surface area (Å²) in [5.41, 5.74) is 10.0. The lowest BCUT2D eigenvalue weighted by molar-refractivity contribution is 0.0340. The highest BCUT2D eigenvalue weighted by atomic mass is 79.9. The second kappa shape index (κ2) is 7.26. The average molecular weight is 446 g/mol. The number of nitrogens with one attached hydrogen (secondary N) is 1. The first-order valence-electron chi connectivity index (χ1n) is 10.1. The molecular formula is C21H28BrN5O. The van der Waals surface area contributed by atoms with Gasteiger partial charge < -0.3 is 0 Å². The smallest absolute Gasteiger partial charge is 0.221 e. The first-order valence-corrected chi connectivity index (χ1v) is 10.9. The van der Waals surface area contributed by atoms with Gasteiger partial charge in [-0.05, 0) is 72.5 Å². The van der Waals surface area contributed by atoms with Crippen molar-refractivity contribution in [3.63, 3.8) is 0 Å². The van der Waals surface area contributed by atoms with Crippen LogP contribution in [0, 0.1) is 12.3 Å². The molecule has 4 rings (SSSR count). The summed E-state index contributed by atoms with van der Waals surface area (Å²) in [6.45, 7) is 11.8. The maximum absolute atomic E-state index is 5.87. The van der Waals surface area contributed by atoms with Crippen LogP contribution >= 0.6 is 15.9 Å². The van der Waals surface area contributed by atoms with E-state index in [2.05, 4.69) is 64.8 Å². The van der Waals surface area contributed by atoms with E-state index in [9.17, 15) is 0 Å². The fourth-order valence-corrected chi connectivity index (χ4v) is 4.78. The van der Waals surface area contributed by atoms with Gasteiger partial charge in [-0.1, -0.05) is 20.8 Å². The Balaban J connectivity index is 1.70. The molecule has 0 amide bonds. The topological polar surface area (TPSA) is 64.3 Å². The molecule has 2 aromatic rings. The monoisotopic (exact) mass is 445 g/mol. The third kappa shape index (κ3) is 3.39. The normalized spacial score (nSPS) is 20.6. The lowest BCUT2D eigenvalue weighted by Crippen LogP contribution is -2.24. The molecule has 0 saturated carbocycles. The SMILES string of the molecule is CCc1cc(C2=NC(c3nn(CC)c4c3CCC(C)(C)C4)ON2)c(C)nc1Br. The number of pyridine rings is 1. The predicted molar refractivity (Wildman–Crippen MR) is 113 cm³/mol. The molecule has 150 valence electrons. The molecular weight excluding hydrogens is 418 g/mol. The van der Waals surface area contributed by atoms with Gasteiger partial charge in [0.05, 0.1) is 0 Å². The molecule has 3 heterocycles. The van der Waals surface area contributed by atoms with Crippen molar-refractivity contribution in [3.8, 4) is 0 Å². The van der Waals surface area contributed by atoms with Gasteiger partial charge in [0.25, 0.3) is 0 Å². The maximum atomic E-state index is 5.87. The molecule has 1 aliphatic carbocycles.